The largest absolute Gasteiger partial charge is 0.378 e. The number of hydrogen-bond acceptors (Lipinski definition) is 6. The van der Waals surface area contributed by atoms with E-state index in [1.165, 1.54) is 19.3 Å². The lowest BCUT2D eigenvalue weighted by Gasteiger charge is -2.27. The molecule has 0 atom stereocenters. The molecular formula is C16H21N5O2S. The molecule has 0 spiro atoms. The summed E-state index contributed by atoms with van der Waals surface area (Å²) in [6.07, 6.45) is 5.59. The van der Waals surface area contributed by atoms with E-state index in [1.54, 1.807) is 11.3 Å². The van der Waals surface area contributed by atoms with Crippen molar-refractivity contribution in [3.63, 3.8) is 0 Å². The van der Waals surface area contributed by atoms with Crippen LogP contribution in [0.3, 0.4) is 0 Å². The van der Waals surface area contributed by atoms with Gasteiger partial charge in [0.15, 0.2) is 0 Å². The molecule has 0 aromatic carbocycles. The Bertz CT molecular complexity index is 701. The molecule has 2 fully saturated rings. The summed E-state index contributed by atoms with van der Waals surface area (Å²) in [4.78, 5) is 16.9. The van der Waals surface area contributed by atoms with Crippen LogP contribution in [-0.2, 0) is 4.74 Å². The number of piperidine rings is 1. The molecule has 0 aliphatic carbocycles. The SMILES string of the molecule is O=C(c1cccn1-c1nnc(N2CCCCC2)s1)N1CCOCC1. The van der Waals surface area contributed by atoms with Gasteiger partial charge in [0.1, 0.15) is 5.69 Å². The number of carbonyl (C=O) groups is 1. The molecule has 128 valence electrons. The number of hydrogen-bond donors (Lipinski definition) is 0. The maximum absolute atomic E-state index is 12.8. The van der Waals surface area contributed by atoms with Gasteiger partial charge >= 0.3 is 0 Å². The van der Waals surface area contributed by atoms with Crippen molar-refractivity contribution >= 4 is 22.4 Å². The molecule has 0 bridgehead atoms. The summed E-state index contributed by atoms with van der Waals surface area (Å²) in [7, 11) is 0. The van der Waals surface area contributed by atoms with Gasteiger partial charge in [-0.2, -0.15) is 0 Å². The van der Waals surface area contributed by atoms with Crippen molar-refractivity contribution in [2.75, 3.05) is 44.3 Å². The number of anilines is 1. The fraction of sp³-hybridized carbons (Fsp3) is 0.562. The van der Waals surface area contributed by atoms with Crippen molar-refractivity contribution in [2.45, 2.75) is 19.3 Å². The summed E-state index contributed by atoms with van der Waals surface area (Å²) in [5, 5.41) is 10.3. The van der Waals surface area contributed by atoms with Crippen LogP contribution in [0.2, 0.25) is 0 Å². The van der Waals surface area contributed by atoms with Crippen molar-refractivity contribution in [1.29, 1.82) is 0 Å². The Hall–Kier alpha value is -1.93. The molecule has 2 aromatic rings. The van der Waals surface area contributed by atoms with E-state index in [0.29, 0.717) is 32.0 Å². The Morgan fingerprint density at radius 1 is 1.04 bits per heavy atom. The topological polar surface area (TPSA) is 63.5 Å². The first kappa shape index (κ1) is 15.6. The van der Waals surface area contributed by atoms with Gasteiger partial charge in [-0.3, -0.25) is 9.36 Å². The minimum atomic E-state index is 0.0259. The van der Waals surface area contributed by atoms with Crippen LogP contribution in [0.15, 0.2) is 18.3 Å². The van der Waals surface area contributed by atoms with E-state index in [1.807, 2.05) is 27.8 Å². The molecular weight excluding hydrogens is 326 g/mol. The minimum absolute atomic E-state index is 0.0259. The Kier molecular flexibility index (Phi) is 4.48. The average molecular weight is 347 g/mol. The van der Waals surface area contributed by atoms with Crippen LogP contribution in [0.4, 0.5) is 5.13 Å². The Labute approximate surface area is 144 Å². The van der Waals surface area contributed by atoms with Gasteiger partial charge in [0.25, 0.3) is 5.91 Å². The van der Waals surface area contributed by atoms with Crippen molar-refractivity contribution in [1.82, 2.24) is 19.7 Å². The summed E-state index contributed by atoms with van der Waals surface area (Å²) in [5.41, 5.74) is 0.637. The number of ether oxygens (including phenoxy) is 1. The van der Waals surface area contributed by atoms with Crippen LogP contribution in [0.1, 0.15) is 29.8 Å². The van der Waals surface area contributed by atoms with E-state index in [2.05, 4.69) is 15.1 Å². The highest BCUT2D eigenvalue weighted by Gasteiger charge is 2.23. The molecule has 0 saturated carbocycles. The zero-order chi connectivity index (χ0) is 16.4. The molecule has 1 amide bonds. The number of aromatic nitrogens is 3. The Balaban J connectivity index is 1.55. The Morgan fingerprint density at radius 3 is 2.58 bits per heavy atom. The summed E-state index contributed by atoms with van der Waals surface area (Å²) in [6, 6.07) is 3.73. The second-order valence-corrected chi connectivity index (χ2v) is 7.02. The van der Waals surface area contributed by atoms with E-state index in [0.717, 1.165) is 23.4 Å². The van der Waals surface area contributed by atoms with Gasteiger partial charge in [0.05, 0.1) is 13.2 Å². The lowest BCUT2D eigenvalue weighted by atomic mass is 10.1. The third-order valence-corrected chi connectivity index (χ3v) is 5.49. The standard InChI is InChI=1S/C16H21N5O2S/c22-14(19-9-11-23-12-10-19)13-5-4-8-21(13)16-18-17-15(24-16)20-6-2-1-3-7-20/h4-5,8H,1-3,6-7,9-12H2. The molecule has 24 heavy (non-hydrogen) atoms. The summed E-state index contributed by atoms with van der Waals surface area (Å²) < 4.78 is 7.18. The van der Waals surface area contributed by atoms with Crippen LogP contribution in [0.25, 0.3) is 5.13 Å². The first-order chi connectivity index (χ1) is 11.8. The van der Waals surface area contributed by atoms with E-state index in [9.17, 15) is 4.79 Å². The van der Waals surface area contributed by atoms with Gasteiger partial charge in [-0.05, 0) is 31.4 Å². The first-order valence-electron chi connectivity index (χ1n) is 8.46. The maximum Gasteiger partial charge on any atom is 0.271 e. The number of amides is 1. The Morgan fingerprint density at radius 2 is 1.79 bits per heavy atom. The number of rotatable bonds is 3. The van der Waals surface area contributed by atoms with Gasteiger partial charge in [0, 0.05) is 32.4 Å². The molecule has 4 heterocycles. The maximum atomic E-state index is 12.8. The van der Waals surface area contributed by atoms with Crippen LogP contribution in [0, 0.1) is 0 Å². The van der Waals surface area contributed by atoms with Crippen LogP contribution >= 0.6 is 11.3 Å². The van der Waals surface area contributed by atoms with E-state index >= 15 is 0 Å². The summed E-state index contributed by atoms with van der Waals surface area (Å²) in [6.45, 7) is 4.56. The van der Waals surface area contributed by atoms with E-state index in [-0.39, 0.29) is 5.91 Å². The van der Waals surface area contributed by atoms with E-state index < -0.39 is 0 Å². The zero-order valence-corrected chi connectivity index (χ0v) is 14.4. The third kappa shape index (κ3) is 3.03. The molecule has 2 aliphatic heterocycles. The van der Waals surface area contributed by atoms with Crippen molar-refractivity contribution < 1.29 is 9.53 Å². The van der Waals surface area contributed by atoms with Gasteiger partial charge in [0.2, 0.25) is 10.3 Å². The van der Waals surface area contributed by atoms with Crippen molar-refractivity contribution in [2.24, 2.45) is 0 Å². The minimum Gasteiger partial charge on any atom is -0.378 e. The van der Waals surface area contributed by atoms with Gasteiger partial charge < -0.3 is 14.5 Å². The van der Waals surface area contributed by atoms with Crippen molar-refractivity contribution in [3.8, 4) is 5.13 Å². The van der Waals surface area contributed by atoms with Crippen LogP contribution < -0.4 is 4.90 Å². The highest BCUT2D eigenvalue weighted by Crippen LogP contribution is 2.27. The van der Waals surface area contributed by atoms with Crippen molar-refractivity contribution in [3.05, 3.63) is 24.0 Å². The lowest BCUT2D eigenvalue weighted by molar-refractivity contribution is 0.0297. The first-order valence-corrected chi connectivity index (χ1v) is 9.28. The molecule has 0 unspecified atom stereocenters. The molecule has 8 heteroatoms. The summed E-state index contributed by atoms with van der Waals surface area (Å²) >= 11 is 1.55. The summed E-state index contributed by atoms with van der Waals surface area (Å²) in [5.74, 6) is 0.0259. The second kappa shape index (κ2) is 6.90. The molecule has 2 aromatic heterocycles. The number of nitrogens with zero attached hydrogens (tertiary/aromatic N) is 5. The zero-order valence-electron chi connectivity index (χ0n) is 13.6. The molecule has 2 saturated heterocycles. The van der Waals surface area contributed by atoms with Crippen LogP contribution in [0.5, 0.6) is 0 Å². The molecule has 2 aliphatic rings. The predicted molar refractivity (Wildman–Crippen MR) is 92.0 cm³/mol. The van der Waals surface area contributed by atoms with E-state index in [4.69, 9.17) is 4.74 Å². The molecule has 7 nitrogen and oxygen atoms in total. The number of carbonyl (C=O) groups excluding carboxylic acids is 1. The van der Waals surface area contributed by atoms with Gasteiger partial charge in [-0.1, -0.05) is 11.3 Å². The third-order valence-electron chi connectivity index (χ3n) is 4.50. The highest BCUT2D eigenvalue weighted by molar-refractivity contribution is 7.17. The predicted octanol–water partition coefficient (Wildman–Crippen LogP) is 1.79. The lowest BCUT2D eigenvalue weighted by Crippen LogP contribution is -2.41. The van der Waals surface area contributed by atoms with Gasteiger partial charge in [-0.15, -0.1) is 10.2 Å². The number of morpholine rings is 1. The molecule has 0 radical (unpaired) electrons. The molecule has 4 rings (SSSR count). The fourth-order valence-electron chi connectivity index (χ4n) is 3.17. The molecule has 0 N–H and O–H groups in total. The van der Waals surface area contributed by atoms with Gasteiger partial charge in [-0.25, -0.2) is 0 Å². The fourth-order valence-corrected chi connectivity index (χ4v) is 4.06. The highest BCUT2D eigenvalue weighted by atomic mass is 32.1. The van der Waals surface area contributed by atoms with Crippen LogP contribution in [-0.4, -0.2) is 65.0 Å². The average Bonchev–Trinajstić information content (AvgIpc) is 3.32. The normalized spacial score (nSPS) is 18.8. The monoisotopic (exact) mass is 347 g/mol. The quantitative estimate of drug-likeness (QED) is 0.847. The smallest absolute Gasteiger partial charge is 0.271 e. The second-order valence-electron chi connectivity index (χ2n) is 6.08.